The number of hydrogen-bond donors (Lipinski definition) is 2. The fraction of sp³-hybridized carbons (Fsp3) is 0.444. The molecule has 7 nitrogen and oxygen atoms in total. The Morgan fingerprint density at radius 1 is 1.22 bits per heavy atom. The van der Waals surface area contributed by atoms with Crippen LogP contribution in [0.15, 0.2) is 42.0 Å². The zero-order chi connectivity index (χ0) is 27.7. The van der Waals surface area contributed by atoms with E-state index in [9.17, 15) is 33.2 Å². The zero-order valence-electron chi connectivity index (χ0n) is 21.4. The average Bonchev–Trinajstić information content (AvgIpc) is 2.81. The number of rotatable bonds is 7. The van der Waals surface area contributed by atoms with Gasteiger partial charge in [-0.25, -0.2) is 0 Å². The van der Waals surface area contributed by atoms with Crippen LogP contribution >= 0.6 is 0 Å². The maximum atomic E-state index is 13.5. The number of nitrogens with zero attached hydrogens (tertiary/aromatic N) is 1. The first-order valence-corrected chi connectivity index (χ1v) is 11.9. The summed E-state index contributed by atoms with van der Waals surface area (Å²) >= 11 is 0. The van der Waals surface area contributed by atoms with Crippen molar-refractivity contribution in [3.05, 3.63) is 74.3 Å². The van der Waals surface area contributed by atoms with Crippen LogP contribution in [0.5, 0.6) is 5.75 Å². The van der Waals surface area contributed by atoms with Crippen molar-refractivity contribution in [3.8, 4) is 5.75 Å². The highest BCUT2D eigenvalue weighted by molar-refractivity contribution is 6.02. The minimum Gasteiger partial charge on any atom is -0.496 e. The summed E-state index contributed by atoms with van der Waals surface area (Å²) in [4.78, 5) is 24.4. The number of ether oxygens (including phenoxy) is 1. The summed E-state index contributed by atoms with van der Waals surface area (Å²) in [6, 6.07) is 6.59. The molecule has 0 unspecified atom stereocenters. The topological polar surface area (TPSA) is 102 Å². The standard InChI is InChI=1S/C27H31F3N2O5/c1-15-10-17(12-18(11-15)27(28,29)30)24(33)16(2)31-25(34)22-14-26(3,4)9-8-20(22)21-13-19(32(35)36)6-7-23(21)37-5/h6-7,10-13,16,24,33H,8-9,14H2,1-5H3,(H,31,34)/t16-,24-/m0/s1. The molecule has 0 aliphatic heterocycles. The quantitative estimate of drug-likeness (QED) is 0.338. The fourth-order valence-electron chi connectivity index (χ4n) is 4.66. The van der Waals surface area contributed by atoms with Crippen LogP contribution in [0.3, 0.4) is 0 Å². The Morgan fingerprint density at radius 2 is 1.89 bits per heavy atom. The van der Waals surface area contributed by atoms with Gasteiger partial charge in [-0.2, -0.15) is 13.2 Å². The molecule has 0 saturated carbocycles. The van der Waals surface area contributed by atoms with Gasteiger partial charge in [-0.05, 0) is 67.9 Å². The smallest absolute Gasteiger partial charge is 0.416 e. The van der Waals surface area contributed by atoms with Crippen molar-refractivity contribution in [3.63, 3.8) is 0 Å². The number of carbonyl (C=O) groups is 1. The number of nitro groups is 1. The minimum absolute atomic E-state index is 0.0404. The molecule has 2 aromatic rings. The number of nitro benzene ring substituents is 1. The number of aliphatic hydroxyl groups excluding tert-OH is 1. The molecule has 200 valence electrons. The molecule has 0 spiro atoms. The molecular weight excluding hydrogens is 489 g/mol. The molecule has 3 rings (SSSR count). The lowest BCUT2D eigenvalue weighted by Gasteiger charge is -2.34. The van der Waals surface area contributed by atoms with Crippen molar-refractivity contribution in [1.29, 1.82) is 0 Å². The third-order valence-electron chi connectivity index (χ3n) is 6.67. The molecule has 0 aromatic heterocycles. The maximum absolute atomic E-state index is 13.5. The van der Waals surface area contributed by atoms with Gasteiger partial charge < -0.3 is 15.2 Å². The SMILES string of the molecule is COc1ccc([N+](=O)[O-])cc1C1=C(C(=O)N[C@@H](C)[C@H](O)c2cc(C)cc(C(F)(F)F)c2)CC(C)(C)CC1. The first-order valence-electron chi connectivity index (χ1n) is 11.9. The summed E-state index contributed by atoms with van der Waals surface area (Å²) in [5, 5.41) is 24.9. The molecule has 2 aromatic carbocycles. The van der Waals surface area contributed by atoms with E-state index >= 15 is 0 Å². The Balaban J connectivity index is 1.98. The number of carbonyl (C=O) groups excluding carboxylic acids is 1. The van der Waals surface area contributed by atoms with E-state index < -0.39 is 34.7 Å². The Morgan fingerprint density at radius 3 is 2.49 bits per heavy atom. The van der Waals surface area contributed by atoms with Gasteiger partial charge in [0.25, 0.3) is 5.69 Å². The van der Waals surface area contributed by atoms with E-state index in [4.69, 9.17) is 4.74 Å². The van der Waals surface area contributed by atoms with Crippen LogP contribution in [-0.4, -0.2) is 29.1 Å². The number of benzene rings is 2. The third-order valence-corrected chi connectivity index (χ3v) is 6.67. The number of aliphatic hydroxyl groups is 1. The molecule has 2 atom stereocenters. The van der Waals surface area contributed by atoms with Crippen LogP contribution in [0, 0.1) is 22.5 Å². The molecule has 1 amide bonds. The van der Waals surface area contributed by atoms with Crippen molar-refractivity contribution < 1.29 is 32.7 Å². The average molecular weight is 521 g/mol. The summed E-state index contributed by atoms with van der Waals surface area (Å²) in [6.07, 6.45) is -4.40. The predicted molar refractivity (Wildman–Crippen MR) is 133 cm³/mol. The van der Waals surface area contributed by atoms with Gasteiger partial charge in [0.1, 0.15) is 5.75 Å². The summed E-state index contributed by atoms with van der Waals surface area (Å²) in [7, 11) is 1.44. The van der Waals surface area contributed by atoms with Gasteiger partial charge in [0.05, 0.1) is 29.7 Å². The van der Waals surface area contributed by atoms with E-state index in [1.54, 1.807) is 0 Å². The molecular formula is C27H31F3N2O5. The molecule has 37 heavy (non-hydrogen) atoms. The molecule has 0 fully saturated rings. The van der Waals surface area contributed by atoms with Gasteiger partial charge in [0, 0.05) is 23.3 Å². The second kappa shape index (κ2) is 10.5. The van der Waals surface area contributed by atoms with Gasteiger partial charge >= 0.3 is 6.18 Å². The van der Waals surface area contributed by atoms with Crippen LogP contribution in [0.4, 0.5) is 18.9 Å². The number of aryl methyl sites for hydroxylation is 1. The maximum Gasteiger partial charge on any atom is 0.416 e. The molecule has 2 N–H and O–H groups in total. The van der Waals surface area contributed by atoms with Gasteiger partial charge in [-0.15, -0.1) is 0 Å². The molecule has 1 aliphatic carbocycles. The monoisotopic (exact) mass is 520 g/mol. The molecule has 0 radical (unpaired) electrons. The normalized spacial score (nSPS) is 17.2. The van der Waals surface area contributed by atoms with Gasteiger partial charge in [0.15, 0.2) is 0 Å². The molecule has 10 heteroatoms. The van der Waals surface area contributed by atoms with Crippen LogP contribution in [0.1, 0.15) is 68.4 Å². The van der Waals surface area contributed by atoms with E-state index in [-0.39, 0.29) is 16.7 Å². The number of non-ortho nitro benzene ring substituents is 1. The third kappa shape index (κ3) is 6.49. The van der Waals surface area contributed by atoms with E-state index in [1.165, 1.54) is 45.2 Å². The van der Waals surface area contributed by atoms with Gasteiger partial charge in [0.2, 0.25) is 5.91 Å². The van der Waals surface area contributed by atoms with E-state index in [0.717, 1.165) is 18.6 Å². The largest absolute Gasteiger partial charge is 0.496 e. The van der Waals surface area contributed by atoms with Crippen molar-refractivity contribution in [2.24, 2.45) is 5.41 Å². The lowest BCUT2D eigenvalue weighted by molar-refractivity contribution is -0.384. The molecule has 0 bridgehead atoms. The minimum atomic E-state index is -4.57. The van der Waals surface area contributed by atoms with Gasteiger partial charge in [-0.3, -0.25) is 14.9 Å². The van der Waals surface area contributed by atoms with Crippen LogP contribution in [0.25, 0.3) is 5.57 Å². The lowest BCUT2D eigenvalue weighted by atomic mass is 9.72. The number of methoxy groups -OCH3 is 1. The van der Waals surface area contributed by atoms with E-state index in [2.05, 4.69) is 5.32 Å². The first-order chi connectivity index (χ1) is 17.1. The Kier molecular flexibility index (Phi) is 8.02. The molecule has 0 saturated heterocycles. The first kappa shape index (κ1) is 28.2. The zero-order valence-corrected chi connectivity index (χ0v) is 21.4. The highest BCUT2D eigenvalue weighted by Gasteiger charge is 2.35. The van der Waals surface area contributed by atoms with Gasteiger partial charge in [-0.1, -0.05) is 25.5 Å². The van der Waals surface area contributed by atoms with Crippen molar-refractivity contribution in [2.75, 3.05) is 7.11 Å². The summed E-state index contributed by atoms with van der Waals surface area (Å²) in [6.45, 7) is 7.03. The molecule has 1 aliphatic rings. The van der Waals surface area contributed by atoms with Crippen molar-refractivity contribution >= 4 is 17.2 Å². The Labute approximate surface area is 213 Å². The summed E-state index contributed by atoms with van der Waals surface area (Å²) in [5.74, 6) is -0.107. The predicted octanol–water partition coefficient (Wildman–Crippen LogP) is 6.13. The Hall–Kier alpha value is -3.40. The number of alkyl halides is 3. The van der Waals surface area contributed by atoms with Crippen LogP contribution in [0.2, 0.25) is 0 Å². The molecule has 0 heterocycles. The van der Waals surface area contributed by atoms with E-state index in [1.807, 2.05) is 13.8 Å². The summed E-state index contributed by atoms with van der Waals surface area (Å²) in [5.41, 5.74) is 0.568. The van der Waals surface area contributed by atoms with E-state index in [0.29, 0.717) is 40.9 Å². The van der Waals surface area contributed by atoms with Crippen molar-refractivity contribution in [2.45, 2.75) is 65.3 Å². The number of nitrogens with one attached hydrogen (secondary N) is 1. The highest BCUT2D eigenvalue weighted by Crippen LogP contribution is 2.45. The second-order valence-electron chi connectivity index (χ2n) is 10.3. The number of amides is 1. The number of allylic oxidation sites excluding steroid dienone is 1. The number of halogens is 3. The lowest BCUT2D eigenvalue weighted by Crippen LogP contribution is -2.39. The van der Waals surface area contributed by atoms with Crippen molar-refractivity contribution in [1.82, 2.24) is 5.32 Å². The van der Waals surface area contributed by atoms with Crippen LogP contribution < -0.4 is 10.1 Å². The summed E-state index contributed by atoms with van der Waals surface area (Å²) < 4.78 is 45.2. The van der Waals surface area contributed by atoms with Crippen LogP contribution in [-0.2, 0) is 11.0 Å². The highest BCUT2D eigenvalue weighted by atomic mass is 19.4. The second-order valence-corrected chi connectivity index (χ2v) is 10.3. The Bertz CT molecular complexity index is 1240. The number of hydrogen-bond acceptors (Lipinski definition) is 5. The fourth-order valence-corrected chi connectivity index (χ4v) is 4.66.